The van der Waals surface area contributed by atoms with Gasteiger partial charge in [0.1, 0.15) is 0 Å². The molecule has 0 aliphatic heterocycles. The van der Waals surface area contributed by atoms with Crippen molar-refractivity contribution >= 4 is 33.4 Å². The summed E-state index contributed by atoms with van der Waals surface area (Å²) in [6.45, 7) is 4.57. The first-order chi connectivity index (χ1) is 9.08. The highest BCUT2D eigenvalue weighted by Crippen LogP contribution is 2.13. The lowest BCUT2D eigenvalue weighted by atomic mass is 10.2. The Hall–Kier alpha value is -1.36. The number of anilines is 1. The number of halogens is 1. The molecular formula is C14H19BrN2O2. The van der Waals surface area contributed by atoms with Gasteiger partial charge in [-0.15, -0.1) is 0 Å². The molecule has 1 rings (SSSR count). The predicted octanol–water partition coefficient (Wildman–Crippen LogP) is 2.94. The monoisotopic (exact) mass is 326 g/mol. The number of alkyl halides is 1. The third-order valence-electron chi connectivity index (χ3n) is 2.57. The van der Waals surface area contributed by atoms with Gasteiger partial charge in [-0.2, -0.15) is 0 Å². The fourth-order valence-electron chi connectivity index (χ4n) is 1.48. The van der Waals surface area contributed by atoms with Gasteiger partial charge in [-0.3, -0.25) is 9.59 Å². The number of hydrogen-bond donors (Lipinski definition) is 2. The molecule has 0 aromatic heterocycles. The zero-order valence-electron chi connectivity index (χ0n) is 11.2. The van der Waals surface area contributed by atoms with Crippen LogP contribution in [0.1, 0.15) is 37.0 Å². The van der Waals surface area contributed by atoms with Gasteiger partial charge in [0.2, 0.25) is 5.91 Å². The van der Waals surface area contributed by atoms with Crippen molar-refractivity contribution in [2.75, 3.05) is 11.9 Å². The van der Waals surface area contributed by atoms with Crippen LogP contribution in [-0.4, -0.2) is 23.2 Å². The van der Waals surface area contributed by atoms with Crippen LogP contribution in [0.3, 0.4) is 0 Å². The molecule has 0 saturated carbocycles. The Bertz CT molecular complexity index is 449. The van der Waals surface area contributed by atoms with E-state index in [-0.39, 0.29) is 16.6 Å². The van der Waals surface area contributed by atoms with Crippen molar-refractivity contribution in [2.45, 2.75) is 31.5 Å². The quantitative estimate of drug-likeness (QED) is 0.789. The van der Waals surface area contributed by atoms with Crippen LogP contribution >= 0.6 is 15.9 Å². The second-order valence-corrected chi connectivity index (χ2v) is 5.31. The van der Waals surface area contributed by atoms with Crippen molar-refractivity contribution in [3.05, 3.63) is 29.8 Å². The van der Waals surface area contributed by atoms with Crippen molar-refractivity contribution in [1.29, 1.82) is 0 Å². The summed E-state index contributed by atoms with van der Waals surface area (Å²) < 4.78 is 0. The van der Waals surface area contributed by atoms with Gasteiger partial charge in [0, 0.05) is 17.8 Å². The third-order valence-corrected chi connectivity index (χ3v) is 3.63. The van der Waals surface area contributed by atoms with Gasteiger partial charge in [-0.25, -0.2) is 0 Å². The average molecular weight is 327 g/mol. The SMILES string of the molecule is CCCNC(=O)c1cccc(NC(=O)C(Br)CC)c1. The van der Waals surface area contributed by atoms with Crippen LogP contribution in [0.5, 0.6) is 0 Å². The van der Waals surface area contributed by atoms with E-state index in [2.05, 4.69) is 26.6 Å². The molecule has 0 saturated heterocycles. The molecular weight excluding hydrogens is 308 g/mol. The van der Waals surface area contributed by atoms with Crippen molar-refractivity contribution < 1.29 is 9.59 Å². The van der Waals surface area contributed by atoms with Crippen LogP contribution in [0, 0.1) is 0 Å². The van der Waals surface area contributed by atoms with E-state index in [0.717, 1.165) is 6.42 Å². The highest BCUT2D eigenvalue weighted by Gasteiger charge is 2.13. The molecule has 0 aliphatic rings. The van der Waals surface area contributed by atoms with Gasteiger partial charge < -0.3 is 10.6 Å². The Labute approximate surface area is 122 Å². The molecule has 1 aromatic carbocycles. The Balaban J connectivity index is 2.71. The first-order valence-electron chi connectivity index (χ1n) is 6.41. The molecule has 19 heavy (non-hydrogen) atoms. The molecule has 104 valence electrons. The van der Waals surface area contributed by atoms with E-state index in [1.807, 2.05) is 13.8 Å². The highest BCUT2D eigenvalue weighted by atomic mass is 79.9. The van der Waals surface area contributed by atoms with Crippen LogP contribution < -0.4 is 10.6 Å². The zero-order chi connectivity index (χ0) is 14.3. The topological polar surface area (TPSA) is 58.2 Å². The molecule has 0 radical (unpaired) electrons. The number of rotatable bonds is 6. The van der Waals surface area contributed by atoms with E-state index in [1.54, 1.807) is 24.3 Å². The maximum atomic E-state index is 11.8. The summed E-state index contributed by atoms with van der Waals surface area (Å²) in [5.74, 6) is -0.225. The fourth-order valence-corrected chi connectivity index (χ4v) is 1.60. The standard InChI is InChI=1S/C14H19BrN2O2/c1-3-8-16-13(18)10-6-5-7-11(9-10)17-14(19)12(15)4-2/h5-7,9,12H,3-4,8H2,1-2H3,(H,16,18)(H,17,19). The normalized spacial score (nSPS) is 11.7. The molecule has 5 heteroatoms. The molecule has 0 aliphatic carbocycles. The van der Waals surface area contributed by atoms with E-state index in [4.69, 9.17) is 0 Å². The minimum atomic E-state index is -0.218. The molecule has 1 atom stereocenters. The van der Waals surface area contributed by atoms with Crippen LogP contribution in [0.4, 0.5) is 5.69 Å². The summed E-state index contributed by atoms with van der Waals surface area (Å²) >= 11 is 3.29. The summed E-state index contributed by atoms with van der Waals surface area (Å²) in [7, 11) is 0. The lowest BCUT2D eigenvalue weighted by Gasteiger charge is -2.10. The Morgan fingerprint density at radius 1 is 1.32 bits per heavy atom. The van der Waals surface area contributed by atoms with Crippen LogP contribution in [0.2, 0.25) is 0 Å². The largest absolute Gasteiger partial charge is 0.352 e. The van der Waals surface area contributed by atoms with Gasteiger partial charge in [0.15, 0.2) is 0 Å². The molecule has 2 N–H and O–H groups in total. The third kappa shape index (κ3) is 5.03. The number of carbonyl (C=O) groups excluding carboxylic acids is 2. The first kappa shape index (κ1) is 15.7. The summed E-state index contributed by atoms with van der Waals surface area (Å²) in [6.07, 6.45) is 1.60. The maximum absolute atomic E-state index is 11.8. The molecule has 0 bridgehead atoms. The lowest BCUT2D eigenvalue weighted by Crippen LogP contribution is -2.25. The molecule has 0 heterocycles. The number of benzene rings is 1. The van der Waals surface area contributed by atoms with Gasteiger partial charge in [-0.1, -0.05) is 35.8 Å². The van der Waals surface area contributed by atoms with Crippen molar-refractivity contribution in [2.24, 2.45) is 0 Å². The second-order valence-electron chi connectivity index (χ2n) is 4.20. The Morgan fingerprint density at radius 2 is 2.05 bits per heavy atom. The highest BCUT2D eigenvalue weighted by molar-refractivity contribution is 9.10. The summed E-state index contributed by atoms with van der Waals surface area (Å²) in [4.78, 5) is 23.3. The van der Waals surface area contributed by atoms with E-state index < -0.39 is 0 Å². The molecule has 0 spiro atoms. The fraction of sp³-hybridized carbons (Fsp3) is 0.429. The van der Waals surface area contributed by atoms with Gasteiger partial charge in [0.25, 0.3) is 5.91 Å². The van der Waals surface area contributed by atoms with Crippen molar-refractivity contribution in [3.8, 4) is 0 Å². The average Bonchev–Trinajstić information content (AvgIpc) is 2.43. The van der Waals surface area contributed by atoms with E-state index in [0.29, 0.717) is 24.2 Å². The lowest BCUT2D eigenvalue weighted by molar-refractivity contribution is -0.115. The second kappa shape index (κ2) is 7.94. The molecule has 2 amide bonds. The molecule has 0 fully saturated rings. The van der Waals surface area contributed by atoms with Gasteiger partial charge in [0.05, 0.1) is 4.83 Å². The van der Waals surface area contributed by atoms with Crippen molar-refractivity contribution in [3.63, 3.8) is 0 Å². The summed E-state index contributed by atoms with van der Waals surface area (Å²) in [6, 6.07) is 6.93. The Morgan fingerprint density at radius 3 is 2.68 bits per heavy atom. The van der Waals surface area contributed by atoms with Crippen LogP contribution in [0.25, 0.3) is 0 Å². The number of hydrogen-bond acceptors (Lipinski definition) is 2. The molecule has 1 aromatic rings. The number of carbonyl (C=O) groups is 2. The number of amides is 2. The molecule has 4 nitrogen and oxygen atoms in total. The van der Waals surface area contributed by atoms with Gasteiger partial charge in [-0.05, 0) is 31.0 Å². The van der Waals surface area contributed by atoms with E-state index in [1.165, 1.54) is 0 Å². The Kier molecular flexibility index (Phi) is 6.56. The minimum Gasteiger partial charge on any atom is -0.352 e. The maximum Gasteiger partial charge on any atom is 0.251 e. The smallest absolute Gasteiger partial charge is 0.251 e. The van der Waals surface area contributed by atoms with Crippen LogP contribution in [0.15, 0.2) is 24.3 Å². The van der Waals surface area contributed by atoms with Gasteiger partial charge >= 0.3 is 0 Å². The minimum absolute atomic E-state index is 0.103. The summed E-state index contributed by atoms with van der Waals surface area (Å²) in [5.41, 5.74) is 1.18. The van der Waals surface area contributed by atoms with Crippen molar-refractivity contribution in [1.82, 2.24) is 5.32 Å². The zero-order valence-corrected chi connectivity index (χ0v) is 12.8. The van der Waals surface area contributed by atoms with E-state index >= 15 is 0 Å². The van der Waals surface area contributed by atoms with Crippen LogP contribution in [-0.2, 0) is 4.79 Å². The number of nitrogens with one attached hydrogen (secondary N) is 2. The first-order valence-corrected chi connectivity index (χ1v) is 7.33. The molecule has 1 unspecified atom stereocenters. The predicted molar refractivity (Wildman–Crippen MR) is 80.7 cm³/mol. The van der Waals surface area contributed by atoms with E-state index in [9.17, 15) is 9.59 Å². The summed E-state index contributed by atoms with van der Waals surface area (Å²) in [5, 5.41) is 5.58.